The van der Waals surface area contributed by atoms with Gasteiger partial charge in [-0.2, -0.15) is 0 Å². The monoisotopic (exact) mass is 346 g/mol. The molecule has 1 aromatic rings. The van der Waals surface area contributed by atoms with Gasteiger partial charge in [-0.05, 0) is 35.0 Å². The molecule has 0 unspecified atom stereocenters. The third-order valence-electron chi connectivity index (χ3n) is 2.53. The van der Waals surface area contributed by atoms with Crippen LogP contribution in [0.3, 0.4) is 0 Å². The Morgan fingerprint density at radius 3 is 2.60 bits per heavy atom. The van der Waals surface area contributed by atoms with Crippen LogP contribution in [0.5, 0.6) is 0 Å². The predicted octanol–water partition coefficient (Wildman–Crippen LogP) is 1.10. The van der Waals surface area contributed by atoms with E-state index in [1.807, 2.05) is 0 Å². The number of hydrogen-bond acceptors (Lipinski definition) is 4. The van der Waals surface area contributed by atoms with Crippen molar-refractivity contribution in [1.29, 1.82) is 0 Å². The highest BCUT2D eigenvalue weighted by Crippen LogP contribution is 2.13. The molecule has 0 aliphatic carbocycles. The Morgan fingerprint density at radius 1 is 1.40 bits per heavy atom. The van der Waals surface area contributed by atoms with Crippen LogP contribution in [-0.4, -0.2) is 47.4 Å². The minimum atomic E-state index is -0.972. The lowest BCUT2D eigenvalue weighted by molar-refractivity contribution is -0.138. The number of furan rings is 1. The van der Waals surface area contributed by atoms with E-state index in [9.17, 15) is 14.4 Å². The number of hydrogen-bond donors (Lipinski definition) is 2. The second-order valence-corrected chi connectivity index (χ2v) is 4.69. The standard InChI is InChI=1S/C12H15BrN2O5/c1-2-15(6-5-11(17)18)10(16)7-14-12(19)8-3-4-9(13)20-8/h3-4H,2,5-7H2,1H3,(H,14,19)(H,17,18). The first-order valence-electron chi connectivity index (χ1n) is 5.97. The summed E-state index contributed by atoms with van der Waals surface area (Å²) < 4.78 is 5.47. The van der Waals surface area contributed by atoms with E-state index >= 15 is 0 Å². The average molecular weight is 347 g/mol. The van der Waals surface area contributed by atoms with Crippen molar-refractivity contribution in [2.45, 2.75) is 13.3 Å². The number of nitrogens with zero attached hydrogens (tertiary/aromatic N) is 1. The van der Waals surface area contributed by atoms with E-state index in [1.165, 1.54) is 11.0 Å². The first-order valence-corrected chi connectivity index (χ1v) is 6.76. The molecule has 2 amide bonds. The minimum absolute atomic E-state index is 0.0956. The van der Waals surface area contributed by atoms with Gasteiger partial charge in [0.05, 0.1) is 13.0 Å². The van der Waals surface area contributed by atoms with Gasteiger partial charge >= 0.3 is 5.97 Å². The van der Waals surface area contributed by atoms with Gasteiger partial charge < -0.3 is 19.7 Å². The molecule has 2 N–H and O–H groups in total. The van der Waals surface area contributed by atoms with Crippen molar-refractivity contribution in [1.82, 2.24) is 10.2 Å². The van der Waals surface area contributed by atoms with Gasteiger partial charge in [0, 0.05) is 13.1 Å². The fourth-order valence-electron chi connectivity index (χ4n) is 1.48. The van der Waals surface area contributed by atoms with Crippen LogP contribution in [0.4, 0.5) is 0 Å². The highest BCUT2D eigenvalue weighted by molar-refractivity contribution is 9.10. The van der Waals surface area contributed by atoms with Crippen LogP contribution in [0.1, 0.15) is 23.9 Å². The molecule has 1 rings (SSSR count). The summed E-state index contributed by atoms with van der Waals surface area (Å²) in [4.78, 5) is 35.3. The van der Waals surface area contributed by atoms with Crippen molar-refractivity contribution in [2.24, 2.45) is 0 Å². The topological polar surface area (TPSA) is 99.9 Å². The molecule has 0 radical (unpaired) electrons. The quantitative estimate of drug-likeness (QED) is 0.769. The third kappa shape index (κ3) is 5.04. The number of carboxylic acid groups (broad SMARTS) is 1. The van der Waals surface area contributed by atoms with Crippen molar-refractivity contribution in [3.05, 3.63) is 22.6 Å². The Balaban J connectivity index is 2.44. The molecule has 0 spiro atoms. The zero-order chi connectivity index (χ0) is 15.1. The Bertz CT molecular complexity index is 500. The molecule has 0 atom stereocenters. The zero-order valence-electron chi connectivity index (χ0n) is 10.9. The summed E-state index contributed by atoms with van der Waals surface area (Å²) in [5.41, 5.74) is 0. The van der Waals surface area contributed by atoms with E-state index in [1.54, 1.807) is 13.0 Å². The lowest BCUT2D eigenvalue weighted by Crippen LogP contribution is -2.41. The Hall–Kier alpha value is -1.83. The highest BCUT2D eigenvalue weighted by Gasteiger charge is 2.16. The van der Waals surface area contributed by atoms with Gasteiger partial charge in [0.15, 0.2) is 10.4 Å². The van der Waals surface area contributed by atoms with E-state index in [0.717, 1.165) is 0 Å². The summed E-state index contributed by atoms with van der Waals surface area (Å²) in [5, 5.41) is 11.0. The molecule has 1 heterocycles. The van der Waals surface area contributed by atoms with Gasteiger partial charge in [0.25, 0.3) is 5.91 Å². The van der Waals surface area contributed by atoms with E-state index in [2.05, 4.69) is 21.2 Å². The van der Waals surface area contributed by atoms with Crippen LogP contribution in [0.25, 0.3) is 0 Å². The molecule has 0 aromatic carbocycles. The van der Waals surface area contributed by atoms with Gasteiger partial charge in [0.2, 0.25) is 5.91 Å². The number of aliphatic carboxylic acids is 1. The molecule has 0 aliphatic rings. The van der Waals surface area contributed by atoms with E-state index in [4.69, 9.17) is 9.52 Å². The number of carbonyl (C=O) groups is 3. The van der Waals surface area contributed by atoms with Crippen molar-refractivity contribution in [3.63, 3.8) is 0 Å². The van der Waals surface area contributed by atoms with Gasteiger partial charge in [-0.1, -0.05) is 0 Å². The summed E-state index contributed by atoms with van der Waals surface area (Å²) in [6.45, 7) is 2.04. The lowest BCUT2D eigenvalue weighted by Gasteiger charge is -2.19. The fraction of sp³-hybridized carbons (Fsp3) is 0.417. The van der Waals surface area contributed by atoms with Crippen molar-refractivity contribution >= 4 is 33.7 Å². The van der Waals surface area contributed by atoms with Crippen LogP contribution >= 0.6 is 15.9 Å². The van der Waals surface area contributed by atoms with Crippen LogP contribution in [0, 0.1) is 0 Å². The Kier molecular flexibility index (Phi) is 6.23. The molecule has 8 heteroatoms. The van der Waals surface area contributed by atoms with Gasteiger partial charge in [0.1, 0.15) is 0 Å². The first kappa shape index (κ1) is 16.2. The van der Waals surface area contributed by atoms with Gasteiger partial charge in [-0.15, -0.1) is 0 Å². The summed E-state index contributed by atoms with van der Waals surface area (Å²) in [5.74, 6) is -1.72. The number of rotatable bonds is 7. The molecule has 110 valence electrons. The number of halogens is 1. The molecular weight excluding hydrogens is 332 g/mol. The number of carbonyl (C=O) groups excluding carboxylic acids is 2. The molecule has 0 bridgehead atoms. The molecule has 20 heavy (non-hydrogen) atoms. The average Bonchev–Trinajstić information content (AvgIpc) is 2.83. The minimum Gasteiger partial charge on any atom is -0.481 e. The smallest absolute Gasteiger partial charge is 0.305 e. The van der Waals surface area contributed by atoms with Crippen molar-refractivity contribution < 1.29 is 23.9 Å². The second-order valence-electron chi connectivity index (χ2n) is 3.90. The van der Waals surface area contributed by atoms with Crippen molar-refractivity contribution in [2.75, 3.05) is 19.6 Å². The lowest BCUT2D eigenvalue weighted by atomic mass is 10.3. The summed E-state index contributed by atoms with van der Waals surface area (Å²) >= 11 is 3.07. The number of nitrogens with one attached hydrogen (secondary N) is 1. The second kappa shape index (κ2) is 7.68. The molecule has 1 aromatic heterocycles. The normalized spacial score (nSPS) is 10.1. The SMILES string of the molecule is CCN(CCC(=O)O)C(=O)CNC(=O)c1ccc(Br)o1. The van der Waals surface area contributed by atoms with E-state index < -0.39 is 11.9 Å². The largest absolute Gasteiger partial charge is 0.481 e. The van der Waals surface area contributed by atoms with Crippen LogP contribution < -0.4 is 5.32 Å². The number of carboxylic acids is 1. The molecule has 7 nitrogen and oxygen atoms in total. The van der Waals surface area contributed by atoms with Gasteiger partial charge in [-0.3, -0.25) is 14.4 Å². The van der Waals surface area contributed by atoms with Crippen molar-refractivity contribution in [3.8, 4) is 0 Å². The maximum Gasteiger partial charge on any atom is 0.305 e. The predicted molar refractivity (Wildman–Crippen MR) is 73.2 cm³/mol. The van der Waals surface area contributed by atoms with E-state index in [-0.39, 0.29) is 31.2 Å². The number of amides is 2. The molecule has 0 fully saturated rings. The van der Waals surface area contributed by atoms with Crippen LogP contribution in [0.15, 0.2) is 21.2 Å². The van der Waals surface area contributed by atoms with Crippen LogP contribution in [-0.2, 0) is 9.59 Å². The molecule has 0 saturated carbocycles. The van der Waals surface area contributed by atoms with E-state index in [0.29, 0.717) is 11.2 Å². The Morgan fingerprint density at radius 2 is 2.10 bits per heavy atom. The first-order chi connectivity index (χ1) is 9.43. The summed E-state index contributed by atoms with van der Waals surface area (Å²) in [6, 6.07) is 3.05. The molecular formula is C12H15BrN2O5. The maximum absolute atomic E-state index is 11.8. The third-order valence-corrected chi connectivity index (χ3v) is 2.95. The van der Waals surface area contributed by atoms with Crippen LogP contribution in [0.2, 0.25) is 0 Å². The summed E-state index contributed by atoms with van der Waals surface area (Å²) in [6.07, 6.45) is -0.126. The fourth-order valence-corrected chi connectivity index (χ4v) is 1.79. The summed E-state index contributed by atoms with van der Waals surface area (Å²) in [7, 11) is 0. The Labute approximate surface area is 124 Å². The maximum atomic E-state index is 11.8. The number of likely N-dealkylation sites (N-methyl/N-ethyl adjacent to an activating group) is 1. The zero-order valence-corrected chi connectivity index (χ0v) is 12.5. The highest BCUT2D eigenvalue weighted by atomic mass is 79.9. The van der Waals surface area contributed by atoms with Gasteiger partial charge in [-0.25, -0.2) is 0 Å². The molecule has 0 saturated heterocycles. The molecule has 0 aliphatic heterocycles.